The molecule has 5 heteroatoms. The van der Waals surface area contributed by atoms with Gasteiger partial charge in [-0.15, -0.1) is 0 Å². The van der Waals surface area contributed by atoms with E-state index in [4.69, 9.17) is 4.52 Å². The Balaban J connectivity index is 2.06. The van der Waals surface area contributed by atoms with Gasteiger partial charge in [0.15, 0.2) is 5.82 Å². The summed E-state index contributed by atoms with van der Waals surface area (Å²) in [6, 6.07) is 6.26. The molecule has 0 saturated heterocycles. The Labute approximate surface area is 121 Å². The number of hydrogen-bond acceptors (Lipinski definition) is 4. The van der Waals surface area contributed by atoms with E-state index in [1.807, 2.05) is 7.05 Å². The molecule has 1 heterocycles. The predicted octanol–water partition coefficient (Wildman–Crippen LogP) is 3.73. The fraction of sp³-hybridized carbons (Fsp3) is 0.429. The van der Waals surface area contributed by atoms with Crippen LogP contribution in [0, 0.1) is 6.92 Å². The highest BCUT2D eigenvalue weighted by Crippen LogP contribution is 2.23. The summed E-state index contributed by atoms with van der Waals surface area (Å²) in [5.74, 6) is 1.45. The molecule has 1 aromatic carbocycles. The highest BCUT2D eigenvalue weighted by atomic mass is 79.9. The Morgan fingerprint density at radius 1 is 1.37 bits per heavy atom. The number of benzene rings is 1. The van der Waals surface area contributed by atoms with Crippen molar-refractivity contribution in [3.8, 4) is 0 Å². The molecule has 0 aliphatic carbocycles. The molecule has 102 valence electrons. The van der Waals surface area contributed by atoms with Crippen molar-refractivity contribution in [1.29, 1.82) is 0 Å². The quantitative estimate of drug-likeness (QED) is 0.840. The smallest absolute Gasteiger partial charge is 0.246 e. The molecule has 2 aromatic rings. The van der Waals surface area contributed by atoms with Crippen LogP contribution >= 0.6 is 15.9 Å². The molecule has 0 atom stereocenters. The van der Waals surface area contributed by atoms with Crippen molar-refractivity contribution in [2.24, 2.45) is 0 Å². The summed E-state index contributed by atoms with van der Waals surface area (Å²) in [5, 5.41) is 3.96. The molecule has 2 rings (SSSR count). The minimum atomic E-state index is 0.623. The summed E-state index contributed by atoms with van der Waals surface area (Å²) in [6.07, 6.45) is 1.89. The van der Waals surface area contributed by atoms with Crippen molar-refractivity contribution < 1.29 is 4.52 Å². The second-order valence-electron chi connectivity index (χ2n) is 4.64. The van der Waals surface area contributed by atoms with Gasteiger partial charge in [0.05, 0.1) is 6.54 Å². The molecule has 0 unspecified atom stereocenters. The summed E-state index contributed by atoms with van der Waals surface area (Å²) in [4.78, 5) is 6.48. The van der Waals surface area contributed by atoms with Crippen LogP contribution in [-0.4, -0.2) is 17.2 Å². The van der Waals surface area contributed by atoms with E-state index < -0.39 is 0 Å². The van der Waals surface area contributed by atoms with Crippen LogP contribution in [0.2, 0.25) is 0 Å². The van der Waals surface area contributed by atoms with Gasteiger partial charge in [-0.05, 0) is 37.1 Å². The zero-order valence-corrected chi connectivity index (χ0v) is 13.1. The van der Waals surface area contributed by atoms with E-state index in [-0.39, 0.29) is 0 Å². The largest absolute Gasteiger partial charge is 0.365 e. The number of halogens is 1. The SMILES string of the molecule is CCCc1noc(CN(C)c2ccc(Br)c(C)c2)n1. The highest BCUT2D eigenvalue weighted by Gasteiger charge is 2.10. The van der Waals surface area contributed by atoms with Crippen molar-refractivity contribution in [3.05, 3.63) is 40.0 Å². The van der Waals surface area contributed by atoms with Crippen molar-refractivity contribution in [1.82, 2.24) is 10.1 Å². The van der Waals surface area contributed by atoms with E-state index in [2.05, 4.69) is 63.0 Å². The number of hydrogen-bond donors (Lipinski definition) is 0. The van der Waals surface area contributed by atoms with Crippen LogP contribution in [0.4, 0.5) is 5.69 Å². The van der Waals surface area contributed by atoms with Crippen LogP contribution in [0.25, 0.3) is 0 Å². The summed E-state index contributed by atoms with van der Waals surface area (Å²) in [5.41, 5.74) is 2.34. The molecular weight excluding hydrogens is 306 g/mol. The molecule has 0 spiro atoms. The zero-order valence-electron chi connectivity index (χ0n) is 11.5. The molecule has 0 aliphatic heterocycles. The van der Waals surface area contributed by atoms with E-state index in [0.29, 0.717) is 12.4 Å². The third-order valence-corrected chi connectivity index (χ3v) is 3.83. The number of nitrogens with zero attached hydrogens (tertiary/aromatic N) is 3. The third-order valence-electron chi connectivity index (χ3n) is 2.94. The van der Waals surface area contributed by atoms with E-state index in [1.165, 1.54) is 5.56 Å². The third kappa shape index (κ3) is 3.56. The predicted molar refractivity (Wildman–Crippen MR) is 79.3 cm³/mol. The average molecular weight is 324 g/mol. The van der Waals surface area contributed by atoms with Crippen molar-refractivity contribution in [2.75, 3.05) is 11.9 Å². The van der Waals surface area contributed by atoms with E-state index in [0.717, 1.165) is 28.8 Å². The van der Waals surface area contributed by atoms with Gasteiger partial charge >= 0.3 is 0 Å². The first-order valence-corrected chi connectivity index (χ1v) is 7.18. The lowest BCUT2D eigenvalue weighted by atomic mass is 10.2. The van der Waals surface area contributed by atoms with Gasteiger partial charge in [0.2, 0.25) is 5.89 Å². The Morgan fingerprint density at radius 3 is 2.84 bits per heavy atom. The standard InChI is InChI=1S/C14H18BrN3O/c1-4-5-13-16-14(19-17-13)9-18(3)11-6-7-12(15)10(2)8-11/h6-8H,4-5,9H2,1-3H3. The number of anilines is 1. The van der Waals surface area contributed by atoms with Crippen LogP contribution in [0.5, 0.6) is 0 Å². The normalized spacial score (nSPS) is 10.7. The first kappa shape index (κ1) is 14.1. The number of rotatable bonds is 5. The van der Waals surface area contributed by atoms with Crippen molar-refractivity contribution in [3.63, 3.8) is 0 Å². The maximum absolute atomic E-state index is 5.25. The lowest BCUT2D eigenvalue weighted by Crippen LogP contribution is -2.16. The monoisotopic (exact) mass is 323 g/mol. The van der Waals surface area contributed by atoms with Gasteiger partial charge in [0, 0.05) is 23.6 Å². The summed E-state index contributed by atoms with van der Waals surface area (Å²) >= 11 is 3.51. The zero-order chi connectivity index (χ0) is 13.8. The van der Waals surface area contributed by atoms with Gasteiger partial charge in [-0.3, -0.25) is 0 Å². The molecular formula is C14H18BrN3O. The molecule has 0 fully saturated rings. The van der Waals surface area contributed by atoms with Gasteiger partial charge in [-0.25, -0.2) is 0 Å². The van der Waals surface area contributed by atoms with Crippen LogP contribution in [0.15, 0.2) is 27.2 Å². The van der Waals surface area contributed by atoms with Crippen molar-refractivity contribution >= 4 is 21.6 Å². The van der Waals surface area contributed by atoms with Gasteiger partial charge in [-0.1, -0.05) is 28.0 Å². The van der Waals surface area contributed by atoms with Crippen molar-refractivity contribution in [2.45, 2.75) is 33.2 Å². The van der Waals surface area contributed by atoms with Crippen LogP contribution in [0.3, 0.4) is 0 Å². The Bertz CT molecular complexity index is 553. The van der Waals surface area contributed by atoms with E-state index in [9.17, 15) is 0 Å². The van der Waals surface area contributed by atoms with E-state index in [1.54, 1.807) is 0 Å². The summed E-state index contributed by atoms with van der Waals surface area (Å²) < 4.78 is 6.37. The summed E-state index contributed by atoms with van der Waals surface area (Å²) in [6.45, 7) is 4.80. The number of aromatic nitrogens is 2. The average Bonchev–Trinajstić information content (AvgIpc) is 2.80. The van der Waals surface area contributed by atoms with Crippen LogP contribution in [0.1, 0.15) is 30.6 Å². The van der Waals surface area contributed by atoms with E-state index >= 15 is 0 Å². The van der Waals surface area contributed by atoms with Gasteiger partial charge in [0.1, 0.15) is 0 Å². The molecule has 0 saturated carbocycles. The fourth-order valence-electron chi connectivity index (χ4n) is 1.84. The first-order chi connectivity index (χ1) is 9.10. The summed E-state index contributed by atoms with van der Waals surface area (Å²) in [7, 11) is 2.02. The number of aryl methyl sites for hydroxylation is 2. The Hall–Kier alpha value is -1.36. The fourth-order valence-corrected chi connectivity index (χ4v) is 2.09. The maximum Gasteiger partial charge on any atom is 0.246 e. The lowest BCUT2D eigenvalue weighted by molar-refractivity contribution is 0.372. The molecule has 4 nitrogen and oxygen atoms in total. The Morgan fingerprint density at radius 2 is 2.16 bits per heavy atom. The van der Waals surface area contributed by atoms with Gasteiger partial charge in [-0.2, -0.15) is 4.98 Å². The topological polar surface area (TPSA) is 42.2 Å². The molecule has 1 aromatic heterocycles. The second kappa shape index (κ2) is 6.19. The van der Waals surface area contributed by atoms with Crippen LogP contribution in [-0.2, 0) is 13.0 Å². The van der Waals surface area contributed by atoms with Gasteiger partial charge < -0.3 is 9.42 Å². The molecule has 0 radical (unpaired) electrons. The molecule has 0 bridgehead atoms. The first-order valence-electron chi connectivity index (χ1n) is 6.39. The molecule has 0 amide bonds. The van der Waals surface area contributed by atoms with Gasteiger partial charge in [0.25, 0.3) is 0 Å². The highest BCUT2D eigenvalue weighted by molar-refractivity contribution is 9.10. The second-order valence-corrected chi connectivity index (χ2v) is 5.50. The lowest BCUT2D eigenvalue weighted by Gasteiger charge is -2.17. The molecule has 0 aliphatic rings. The van der Waals surface area contributed by atoms with Crippen LogP contribution < -0.4 is 4.90 Å². The molecule has 0 N–H and O–H groups in total. The minimum absolute atomic E-state index is 0.623. The maximum atomic E-state index is 5.25. The Kier molecular flexibility index (Phi) is 4.58. The minimum Gasteiger partial charge on any atom is -0.365 e. The molecule has 19 heavy (non-hydrogen) atoms.